The molecule has 0 spiro atoms. The Morgan fingerprint density at radius 3 is 2.75 bits per heavy atom. The van der Waals surface area contributed by atoms with Crippen molar-refractivity contribution in [2.45, 2.75) is 0 Å². The van der Waals surface area contributed by atoms with Gasteiger partial charge in [0.15, 0.2) is 0 Å². The first-order valence-corrected chi connectivity index (χ1v) is 8.33. The van der Waals surface area contributed by atoms with Crippen LogP contribution in [0.2, 0.25) is 5.02 Å². The van der Waals surface area contributed by atoms with Crippen LogP contribution in [0.15, 0.2) is 66.5 Å². The molecule has 1 heterocycles. The minimum absolute atomic E-state index is 0.0360. The van der Waals surface area contributed by atoms with Crippen LogP contribution >= 0.6 is 11.6 Å². The molecule has 2 aromatic carbocycles. The van der Waals surface area contributed by atoms with Crippen LogP contribution < -0.4 is 10.6 Å². The minimum atomic E-state index is -0.759. The lowest BCUT2D eigenvalue weighted by Gasteiger charge is -2.08. The van der Waals surface area contributed by atoms with Crippen molar-refractivity contribution in [2.75, 3.05) is 10.6 Å². The second-order valence-corrected chi connectivity index (χ2v) is 5.98. The molecular weight excluding hydrogens is 382 g/mol. The SMILES string of the molecule is N#C/C(=C/Nc1cccc2cccnc12)C(=O)Nc1cc([N+](=O)[O-])ccc1Cl. The highest BCUT2D eigenvalue weighted by molar-refractivity contribution is 6.34. The van der Waals surface area contributed by atoms with Gasteiger partial charge in [0, 0.05) is 29.9 Å². The summed E-state index contributed by atoms with van der Waals surface area (Å²) >= 11 is 5.97. The van der Waals surface area contributed by atoms with E-state index < -0.39 is 10.8 Å². The first-order chi connectivity index (χ1) is 13.5. The molecule has 1 amide bonds. The van der Waals surface area contributed by atoms with E-state index in [9.17, 15) is 20.2 Å². The number of rotatable bonds is 5. The summed E-state index contributed by atoms with van der Waals surface area (Å²) < 4.78 is 0. The summed E-state index contributed by atoms with van der Waals surface area (Å²) in [5.74, 6) is -0.759. The second-order valence-electron chi connectivity index (χ2n) is 5.57. The van der Waals surface area contributed by atoms with E-state index in [1.807, 2.05) is 18.2 Å². The molecule has 3 rings (SSSR count). The lowest BCUT2D eigenvalue weighted by molar-refractivity contribution is -0.384. The van der Waals surface area contributed by atoms with Crippen LogP contribution in [0.4, 0.5) is 17.1 Å². The number of nitro groups is 1. The minimum Gasteiger partial charge on any atom is -0.358 e. The molecule has 0 aliphatic rings. The number of para-hydroxylation sites is 1. The molecule has 28 heavy (non-hydrogen) atoms. The molecule has 0 atom stereocenters. The highest BCUT2D eigenvalue weighted by Gasteiger charge is 2.15. The Morgan fingerprint density at radius 2 is 2.00 bits per heavy atom. The summed E-state index contributed by atoms with van der Waals surface area (Å²) in [4.78, 5) is 26.9. The zero-order chi connectivity index (χ0) is 20.1. The number of aromatic nitrogens is 1. The van der Waals surface area contributed by atoms with E-state index in [0.717, 1.165) is 11.5 Å². The fourth-order valence-electron chi connectivity index (χ4n) is 2.43. The van der Waals surface area contributed by atoms with Gasteiger partial charge in [-0.15, -0.1) is 0 Å². The van der Waals surface area contributed by atoms with Crippen molar-refractivity contribution in [1.82, 2.24) is 4.98 Å². The number of amides is 1. The number of hydrogen-bond donors (Lipinski definition) is 2. The number of carbonyl (C=O) groups is 1. The quantitative estimate of drug-likeness (QED) is 0.289. The van der Waals surface area contributed by atoms with Crippen molar-refractivity contribution in [1.29, 1.82) is 5.26 Å². The van der Waals surface area contributed by atoms with Gasteiger partial charge in [0.05, 0.1) is 26.8 Å². The molecule has 3 aromatic rings. The molecule has 0 radical (unpaired) electrons. The number of carbonyl (C=O) groups excluding carboxylic acids is 1. The Bertz CT molecular complexity index is 1150. The molecule has 8 nitrogen and oxygen atoms in total. The number of hydrogen-bond acceptors (Lipinski definition) is 6. The summed E-state index contributed by atoms with van der Waals surface area (Å²) in [6.07, 6.45) is 2.88. The smallest absolute Gasteiger partial charge is 0.271 e. The maximum atomic E-state index is 12.4. The second kappa shape index (κ2) is 8.16. The van der Waals surface area contributed by atoms with Gasteiger partial charge in [0.25, 0.3) is 11.6 Å². The topological polar surface area (TPSA) is 121 Å². The molecule has 0 saturated carbocycles. The van der Waals surface area contributed by atoms with E-state index in [4.69, 9.17) is 11.6 Å². The third-order valence-electron chi connectivity index (χ3n) is 3.78. The van der Waals surface area contributed by atoms with Crippen LogP contribution in [0.1, 0.15) is 0 Å². The highest BCUT2D eigenvalue weighted by atomic mass is 35.5. The third kappa shape index (κ3) is 4.06. The predicted octanol–water partition coefficient (Wildman–Crippen LogP) is 4.25. The van der Waals surface area contributed by atoms with Crippen LogP contribution in [-0.2, 0) is 4.79 Å². The van der Waals surface area contributed by atoms with Gasteiger partial charge in [0.1, 0.15) is 11.6 Å². The van der Waals surface area contributed by atoms with Crippen molar-refractivity contribution in [3.05, 3.63) is 81.6 Å². The van der Waals surface area contributed by atoms with Crippen molar-refractivity contribution >= 4 is 45.5 Å². The molecule has 0 unspecified atom stereocenters. The van der Waals surface area contributed by atoms with Gasteiger partial charge in [-0.25, -0.2) is 0 Å². The van der Waals surface area contributed by atoms with Crippen LogP contribution in [0.3, 0.4) is 0 Å². The lowest BCUT2D eigenvalue weighted by Crippen LogP contribution is -2.15. The Hall–Kier alpha value is -3.96. The van der Waals surface area contributed by atoms with Crippen LogP contribution in [0, 0.1) is 21.4 Å². The highest BCUT2D eigenvalue weighted by Crippen LogP contribution is 2.27. The lowest BCUT2D eigenvalue weighted by atomic mass is 10.2. The zero-order valence-electron chi connectivity index (χ0n) is 14.2. The molecule has 0 aliphatic carbocycles. The predicted molar refractivity (Wildman–Crippen MR) is 106 cm³/mol. The fourth-order valence-corrected chi connectivity index (χ4v) is 2.60. The van der Waals surface area contributed by atoms with Crippen LogP contribution in [0.25, 0.3) is 10.9 Å². The molecular formula is C19H12ClN5O3. The normalized spacial score (nSPS) is 10.9. The van der Waals surface area contributed by atoms with Gasteiger partial charge in [-0.05, 0) is 18.2 Å². The maximum absolute atomic E-state index is 12.4. The van der Waals surface area contributed by atoms with E-state index in [2.05, 4.69) is 15.6 Å². The number of nitrogens with one attached hydrogen (secondary N) is 2. The molecule has 138 valence electrons. The fraction of sp³-hybridized carbons (Fsp3) is 0. The summed E-state index contributed by atoms with van der Waals surface area (Å²) in [5, 5.41) is 26.5. The molecule has 2 N–H and O–H groups in total. The first kappa shape index (κ1) is 18.8. The van der Waals surface area contributed by atoms with E-state index in [-0.39, 0.29) is 22.0 Å². The molecule has 0 saturated heterocycles. The van der Waals surface area contributed by atoms with Gasteiger partial charge < -0.3 is 10.6 Å². The number of nitrogens with zero attached hydrogens (tertiary/aromatic N) is 3. The maximum Gasteiger partial charge on any atom is 0.271 e. The average Bonchev–Trinajstić information content (AvgIpc) is 2.70. The number of nitriles is 1. The average molecular weight is 394 g/mol. The standard InChI is InChI=1S/C19H12ClN5O3/c20-15-7-6-14(25(27)28)9-17(15)24-19(26)13(10-21)11-23-16-5-1-3-12-4-2-8-22-18(12)16/h1-9,11,23H,(H,24,26)/b13-11-. The van der Waals surface area contributed by atoms with E-state index in [0.29, 0.717) is 11.2 Å². The summed E-state index contributed by atoms with van der Waals surface area (Å²) in [6, 6.07) is 14.6. The molecule has 1 aromatic heterocycles. The number of non-ortho nitro benzene ring substituents is 1. The largest absolute Gasteiger partial charge is 0.358 e. The van der Waals surface area contributed by atoms with Crippen molar-refractivity contribution in [3.8, 4) is 6.07 Å². The monoisotopic (exact) mass is 393 g/mol. The van der Waals surface area contributed by atoms with Crippen molar-refractivity contribution < 1.29 is 9.72 Å². The number of anilines is 2. The number of fused-ring (bicyclic) bond motifs is 1. The first-order valence-electron chi connectivity index (χ1n) is 7.95. The molecule has 9 heteroatoms. The molecule has 0 fully saturated rings. The van der Waals surface area contributed by atoms with E-state index >= 15 is 0 Å². The number of nitro benzene ring substituents is 1. The Morgan fingerprint density at radius 1 is 1.21 bits per heavy atom. The Kier molecular flexibility index (Phi) is 5.48. The Balaban J connectivity index is 1.83. The Labute approximate surface area is 164 Å². The van der Waals surface area contributed by atoms with Gasteiger partial charge in [0.2, 0.25) is 0 Å². The van der Waals surface area contributed by atoms with Crippen LogP contribution in [0.5, 0.6) is 0 Å². The molecule has 0 aliphatic heterocycles. The number of halogens is 1. The third-order valence-corrected chi connectivity index (χ3v) is 4.11. The number of benzene rings is 2. The van der Waals surface area contributed by atoms with Gasteiger partial charge >= 0.3 is 0 Å². The van der Waals surface area contributed by atoms with Crippen molar-refractivity contribution in [2.24, 2.45) is 0 Å². The zero-order valence-corrected chi connectivity index (χ0v) is 15.0. The number of pyridine rings is 1. The van der Waals surface area contributed by atoms with Gasteiger partial charge in [-0.1, -0.05) is 29.8 Å². The summed E-state index contributed by atoms with van der Waals surface area (Å²) in [5.41, 5.74) is 0.860. The molecule has 0 bridgehead atoms. The van der Waals surface area contributed by atoms with Gasteiger partial charge in [-0.3, -0.25) is 19.9 Å². The summed E-state index contributed by atoms with van der Waals surface area (Å²) in [7, 11) is 0. The van der Waals surface area contributed by atoms with E-state index in [1.54, 1.807) is 24.4 Å². The van der Waals surface area contributed by atoms with Crippen LogP contribution in [-0.4, -0.2) is 15.8 Å². The van der Waals surface area contributed by atoms with Crippen molar-refractivity contribution in [3.63, 3.8) is 0 Å². The summed E-state index contributed by atoms with van der Waals surface area (Å²) in [6.45, 7) is 0. The van der Waals surface area contributed by atoms with Gasteiger partial charge in [-0.2, -0.15) is 5.26 Å². The van der Waals surface area contributed by atoms with E-state index in [1.165, 1.54) is 18.3 Å².